The fourth-order valence-corrected chi connectivity index (χ4v) is 2.68. The highest BCUT2D eigenvalue weighted by Gasteiger charge is 2.13. The molecule has 0 radical (unpaired) electrons. The van der Waals surface area contributed by atoms with Crippen LogP contribution in [-0.2, 0) is 6.54 Å². The number of rotatable bonds is 3. The van der Waals surface area contributed by atoms with E-state index in [1.54, 1.807) is 12.1 Å². The van der Waals surface area contributed by atoms with E-state index in [4.69, 9.17) is 0 Å². The summed E-state index contributed by atoms with van der Waals surface area (Å²) in [5, 5.41) is 7.96. The van der Waals surface area contributed by atoms with Gasteiger partial charge in [0, 0.05) is 0 Å². The van der Waals surface area contributed by atoms with Crippen molar-refractivity contribution in [1.82, 2.24) is 24.5 Å². The Labute approximate surface area is 142 Å². The summed E-state index contributed by atoms with van der Waals surface area (Å²) in [5.41, 5.74) is 2.99. The summed E-state index contributed by atoms with van der Waals surface area (Å²) in [5.74, 6) is -0.346. The van der Waals surface area contributed by atoms with E-state index in [1.807, 2.05) is 31.2 Å². The van der Waals surface area contributed by atoms with Crippen LogP contribution >= 0.6 is 0 Å². The molecule has 124 valence electrons. The second-order valence-electron chi connectivity index (χ2n) is 5.75. The lowest BCUT2D eigenvalue weighted by molar-refractivity contribution is 0.627. The minimum absolute atomic E-state index is 0.181. The fraction of sp³-hybridized carbons (Fsp3) is 0.111. The van der Waals surface area contributed by atoms with Gasteiger partial charge in [-0.05, 0) is 42.3 Å². The van der Waals surface area contributed by atoms with Crippen molar-refractivity contribution in [2.75, 3.05) is 0 Å². The molecule has 0 saturated carbocycles. The van der Waals surface area contributed by atoms with E-state index in [9.17, 15) is 9.18 Å². The van der Waals surface area contributed by atoms with Crippen LogP contribution < -0.4 is 5.56 Å². The van der Waals surface area contributed by atoms with Gasteiger partial charge in [0.2, 0.25) is 0 Å². The monoisotopic (exact) mass is 335 g/mol. The summed E-state index contributed by atoms with van der Waals surface area (Å²) in [6, 6.07) is 13.6. The maximum absolute atomic E-state index is 13.1. The van der Waals surface area contributed by atoms with Crippen molar-refractivity contribution >= 4 is 11.2 Å². The first-order chi connectivity index (χ1) is 12.1. The number of benzene rings is 2. The molecule has 0 amide bonds. The van der Waals surface area contributed by atoms with Crippen LogP contribution in [0.25, 0.3) is 16.9 Å². The van der Waals surface area contributed by atoms with Crippen LogP contribution in [0.15, 0.2) is 59.7 Å². The van der Waals surface area contributed by atoms with Crippen LogP contribution in [0.4, 0.5) is 4.39 Å². The Bertz CT molecular complexity index is 1110. The highest BCUT2D eigenvalue weighted by atomic mass is 19.1. The molecular weight excluding hydrogens is 321 g/mol. The van der Waals surface area contributed by atoms with Gasteiger partial charge in [0.1, 0.15) is 12.1 Å². The summed E-state index contributed by atoms with van der Waals surface area (Å²) in [6.07, 6.45) is 1.49. The lowest BCUT2D eigenvalue weighted by Crippen LogP contribution is -2.22. The zero-order valence-electron chi connectivity index (χ0n) is 13.4. The molecule has 4 rings (SSSR count). The summed E-state index contributed by atoms with van der Waals surface area (Å²) < 4.78 is 16.0. The van der Waals surface area contributed by atoms with Gasteiger partial charge >= 0.3 is 0 Å². The molecule has 6 nitrogen and oxygen atoms in total. The molecule has 0 aliphatic carbocycles. The van der Waals surface area contributed by atoms with Crippen molar-refractivity contribution in [3.05, 3.63) is 82.2 Å². The third-order valence-electron chi connectivity index (χ3n) is 4.10. The second kappa shape index (κ2) is 5.94. The molecular formula is C18H14FN5O. The topological polar surface area (TPSA) is 65.6 Å². The zero-order chi connectivity index (χ0) is 17.4. The first-order valence-corrected chi connectivity index (χ1v) is 7.75. The van der Waals surface area contributed by atoms with Crippen molar-refractivity contribution in [2.24, 2.45) is 0 Å². The molecule has 0 unspecified atom stereocenters. The predicted molar refractivity (Wildman–Crippen MR) is 91.2 cm³/mol. The third kappa shape index (κ3) is 2.69. The predicted octanol–water partition coefficient (Wildman–Crippen LogP) is 2.47. The Balaban J connectivity index is 1.78. The van der Waals surface area contributed by atoms with Gasteiger partial charge in [-0.15, -0.1) is 5.10 Å². The summed E-state index contributed by atoms with van der Waals surface area (Å²) >= 11 is 0. The molecule has 25 heavy (non-hydrogen) atoms. The summed E-state index contributed by atoms with van der Waals surface area (Å²) in [7, 11) is 0. The van der Waals surface area contributed by atoms with Crippen molar-refractivity contribution in [3.63, 3.8) is 0 Å². The van der Waals surface area contributed by atoms with Gasteiger partial charge in [-0.1, -0.05) is 29.5 Å². The standard InChI is InChI=1S/C18H14FN5O/c1-12-4-2-3-5-13(12)10-23-11-20-17-16(18(23)25)21-22-24(17)15-8-6-14(19)7-9-15/h2-9,11H,10H2,1H3. The van der Waals surface area contributed by atoms with Crippen LogP contribution in [0.3, 0.4) is 0 Å². The average Bonchev–Trinajstić information content (AvgIpc) is 3.05. The number of halogens is 1. The quantitative estimate of drug-likeness (QED) is 0.577. The minimum atomic E-state index is -0.346. The molecule has 0 aliphatic heterocycles. The second-order valence-corrected chi connectivity index (χ2v) is 5.75. The number of aryl methyl sites for hydroxylation is 1. The first-order valence-electron chi connectivity index (χ1n) is 7.75. The summed E-state index contributed by atoms with van der Waals surface area (Å²) in [6.45, 7) is 2.41. The third-order valence-corrected chi connectivity index (χ3v) is 4.10. The van der Waals surface area contributed by atoms with Crippen molar-refractivity contribution < 1.29 is 4.39 Å². The Morgan fingerprint density at radius 3 is 2.60 bits per heavy atom. The minimum Gasteiger partial charge on any atom is -0.293 e. The first kappa shape index (κ1) is 15.2. The molecule has 0 N–H and O–H groups in total. The van der Waals surface area contributed by atoms with E-state index in [1.165, 1.54) is 27.7 Å². The number of hydrogen-bond acceptors (Lipinski definition) is 4. The van der Waals surface area contributed by atoms with E-state index < -0.39 is 0 Å². The lowest BCUT2D eigenvalue weighted by atomic mass is 10.1. The van der Waals surface area contributed by atoms with Gasteiger partial charge in [-0.25, -0.2) is 9.37 Å². The van der Waals surface area contributed by atoms with E-state index in [0.717, 1.165) is 11.1 Å². The smallest absolute Gasteiger partial charge is 0.283 e. The molecule has 0 saturated heterocycles. The van der Waals surface area contributed by atoms with Gasteiger partial charge in [0.25, 0.3) is 5.56 Å². The Kier molecular flexibility index (Phi) is 3.61. The fourth-order valence-electron chi connectivity index (χ4n) is 2.68. The number of aromatic nitrogens is 5. The molecule has 0 aliphatic rings. The maximum Gasteiger partial charge on any atom is 0.283 e. The van der Waals surface area contributed by atoms with Gasteiger partial charge in [0.15, 0.2) is 11.2 Å². The van der Waals surface area contributed by atoms with E-state index in [-0.39, 0.29) is 16.9 Å². The van der Waals surface area contributed by atoms with Crippen LogP contribution in [0, 0.1) is 12.7 Å². The maximum atomic E-state index is 13.1. The van der Waals surface area contributed by atoms with Crippen LogP contribution in [-0.4, -0.2) is 24.5 Å². The van der Waals surface area contributed by atoms with Crippen LogP contribution in [0.2, 0.25) is 0 Å². The van der Waals surface area contributed by atoms with Gasteiger partial charge in [0.05, 0.1) is 12.2 Å². The van der Waals surface area contributed by atoms with Crippen LogP contribution in [0.1, 0.15) is 11.1 Å². The highest BCUT2D eigenvalue weighted by molar-refractivity contribution is 5.70. The molecule has 4 aromatic rings. The van der Waals surface area contributed by atoms with E-state index >= 15 is 0 Å². The lowest BCUT2D eigenvalue weighted by Gasteiger charge is -2.08. The van der Waals surface area contributed by atoms with Crippen LogP contribution in [0.5, 0.6) is 0 Å². The molecule has 7 heteroatoms. The summed E-state index contributed by atoms with van der Waals surface area (Å²) in [4.78, 5) is 17.0. The van der Waals surface area contributed by atoms with Gasteiger partial charge < -0.3 is 0 Å². The Hall–Kier alpha value is -3.35. The van der Waals surface area contributed by atoms with Crippen molar-refractivity contribution in [2.45, 2.75) is 13.5 Å². The van der Waals surface area contributed by atoms with Crippen molar-refractivity contribution in [3.8, 4) is 5.69 Å². The Morgan fingerprint density at radius 2 is 1.84 bits per heavy atom. The zero-order valence-corrected chi connectivity index (χ0v) is 13.4. The molecule has 2 aromatic heterocycles. The number of hydrogen-bond donors (Lipinski definition) is 0. The van der Waals surface area contributed by atoms with Crippen molar-refractivity contribution in [1.29, 1.82) is 0 Å². The SMILES string of the molecule is Cc1ccccc1Cn1cnc2c(nnn2-c2ccc(F)cc2)c1=O. The normalized spacial score (nSPS) is 11.1. The molecule has 0 bridgehead atoms. The highest BCUT2D eigenvalue weighted by Crippen LogP contribution is 2.13. The number of fused-ring (bicyclic) bond motifs is 1. The molecule has 2 aromatic carbocycles. The van der Waals surface area contributed by atoms with Gasteiger partial charge in [-0.3, -0.25) is 9.36 Å². The molecule has 0 spiro atoms. The Morgan fingerprint density at radius 1 is 1.08 bits per heavy atom. The van der Waals surface area contributed by atoms with Gasteiger partial charge in [-0.2, -0.15) is 4.68 Å². The van der Waals surface area contributed by atoms with E-state index in [0.29, 0.717) is 17.9 Å². The largest absolute Gasteiger partial charge is 0.293 e. The molecule has 2 heterocycles. The van der Waals surface area contributed by atoms with E-state index in [2.05, 4.69) is 15.3 Å². The average molecular weight is 335 g/mol. The molecule has 0 atom stereocenters. The molecule has 0 fully saturated rings. The number of nitrogens with zero attached hydrogens (tertiary/aromatic N) is 5.